The molecule has 2 aromatic carbocycles. The number of halogens is 2. The van der Waals surface area contributed by atoms with Gasteiger partial charge >= 0.3 is 0 Å². The molecule has 3 rings (SSSR count). The van der Waals surface area contributed by atoms with Crippen molar-refractivity contribution in [2.24, 2.45) is 0 Å². The first-order chi connectivity index (χ1) is 8.70. The number of ketones is 1. The molecule has 2 aromatic rings. The van der Waals surface area contributed by atoms with Crippen molar-refractivity contribution in [2.45, 2.75) is 10.8 Å². The van der Waals surface area contributed by atoms with E-state index >= 15 is 0 Å². The Labute approximate surface area is 115 Å². The summed E-state index contributed by atoms with van der Waals surface area (Å²) >= 11 is 12.8. The Bertz CT molecular complexity index is 568. The Kier molecular flexibility index (Phi) is 2.89. The molecule has 0 bridgehead atoms. The van der Waals surface area contributed by atoms with Gasteiger partial charge in [0.2, 0.25) is 0 Å². The summed E-state index contributed by atoms with van der Waals surface area (Å²) in [4.78, 5) is 12.5. The van der Waals surface area contributed by atoms with Gasteiger partial charge in [0, 0.05) is 11.1 Å². The molecule has 0 heterocycles. The van der Waals surface area contributed by atoms with Crippen molar-refractivity contribution in [3.63, 3.8) is 0 Å². The zero-order valence-electron chi connectivity index (χ0n) is 9.44. The number of alkyl halides is 2. The molecular weight excluding hydrogens is 267 g/mol. The van der Waals surface area contributed by atoms with E-state index in [0.717, 1.165) is 11.1 Å². The number of hydrogen-bond donors (Lipinski definition) is 0. The third-order valence-electron chi connectivity index (χ3n) is 3.26. The summed E-state index contributed by atoms with van der Waals surface area (Å²) < 4.78 is 0. The zero-order chi connectivity index (χ0) is 12.7. The maximum atomic E-state index is 12.5. The van der Waals surface area contributed by atoms with Gasteiger partial charge in [-0.1, -0.05) is 48.5 Å². The van der Waals surface area contributed by atoms with Crippen LogP contribution in [0.2, 0.25) is 0 Å². The minimum absolute atomic E-state index is 0.00463. The highest BCUT2D eigenvalue weighted by molar-refractivity contribution is 6.32. The Balaban J connectivity index is 2.31. The quantitative estimate of drug-likeness (QED) is 0.648. The Morgan fingerprint density at radius 1 is 0.722 bits per heavy atom. The van der Waals surface area contributed by atoms with Crippen molar-refractivity contribution < 1.29 is 4.79 Å². The van der Waals surface area contributed by atoms with Crippen LogP contribution in [0.1, 0.15) is 37.8 Å². The molecule has 1 aliphatic rings. The zero-order valence-corrected chi connectivity index (χ0v) is 10.9. The monoisotopic (exact) mass is 276 g/mol. The van der Waals surface area contributed by atoms with Crippen molar-refractivity contribution in [3.8, 4) is 0 Å². The van der Waals surface area contributed by atoms with Gasteiger partial charge in [0.1, 0.15) is 0 Å². The summed E-state index contributed by atoms with van der Waals surface area (Å²) in [5, 5.41) is -0.786. The summed E-state index contributed by atoms with van der Waals surface area (Å²) in [5.41, 5.74) is 2.90. The van der Waals surface area contributed by atoms with E-state index in [-0.39, 0.29) is 5.78 Å². The largest absolute Gasteiger partial charge is 0.289 e. The molecule has 3 heteroatoms. The molecule has 1 nitrogen and oxygen atoms in total. The fourth-order valence-corrected chi connectivity index (χ4v) is 3.00. The van der Waals surface area contributed by atoms with E-state index in [0.29, 0.717) is 11.1 Å². The van der Waals surface area contributed by atoms with Crippen LogP contribution >= 0.6 is 23.2 Å². The third-order valence-corrected chi connectivity index (χ3v) is 4.37. The highest BCUT2D eigenvalue weighted by Crippen LogP contribution is 2.44. The standard InChI is InChI=1S/C15H10Cl2O/c16-13-9-5-1-3-7-11(9)15(18)12-8-4-2-6-10(12)14(13)17/h1-8,13-14H/t13-,14?/m1/s1. The van der Waals surface area contributed by atoms with Gasteiger partial charge in [0.05, 0.1) is 10.8 Å². The average Bonchev–Trinajstić information content (AvgIpc) is 2.51. The van der Waals surface area contributed by atoms with Crippen LogP contribution in [0.5, 0.6) is 0 Å². The maximum absolute atomic E-state index is 12.5. The summed E-state index contributed by atoms with van der Waals surface area (Å²) in [7, 11) is 0. The van der Waals surface area contributed by atoms with Crippen molar-refractivity contribution in [2.75, 3.05) is 0 Å². The van der Waals surface area contributed by atoms with Gasteiger partial charge in [-0.15, -0.1) is 23.2 Å². The second kappa shape index (κ2) is 4.42. The van der Waals surface area contributed by atoms with E-state index < -0.39 is 10.8 Å². The topological polar surface area (TPSA) is 17.1 Å². The van der Waals surface area contributed by atoms with Crippen LogP contribution in [0.25, 0.3) is 0 Å². The first-order valence-corrected chi connectivity index (χ1v) is 6.58. The molecule has 1 unspecified atom stereocenters. The summed E-state index contributed by atoms with van der Waals surface area (Å²) in [5.74, 6) is -0.00463. The molecule has 1 aliphatic carbocycles. The molecule has 0 aromatic heterocycles. The van der Waals surface area contributed by atoms with Crippen LogP contribution in [0.4, 0.5) is 0 Å². The Morgan fingerprint density at radius 3 is 1.56 bits per heavy atom. The molecule has 0 saturated heterocycles. The molecule has 0 amide bonds. The molecule has 2 atom stereocenters. The number of carbonyl (C=O) groups excluding carboxylic acids is 1. The number of benzene rings is 2. The summed E-state index contributed by atoms with van der Waals surface area (Å²) in [6, 6.07) is 14.8. The van der Waals surface area contributed by atoms with Crippen molar-refractivity contribution >= 4 is 29.0 Å². The number of fused-ring (bicyclic) bond motifs is 2. The first-order valence-electron chi connectivity index (χ1n) is 5.71. The highest BCUT2D eigenvalue weighted by Gasteiger charge is 2.32. The van der Waals surface area contributed by atoms with E-state index in [1.807, 2.05) is 36.4 Å². The van der Waals surface area contributed by atoms with Crippen LogP contribution in [0, 0.1) is 0 Å². The van der Waals surface area contributed by atoms with Gasteiger partial charge in [0.15, 0.2) is 5.78 Å². The highest BCUT2D eigenvalue weighted by atomic mass is 35.5. The van der Waals surface area contributed by atoms with E-state index in [1.165, 1.54) is 0 Å². The van der Waals surface area contributed by atoms with Crippen LogP contribution in [-0.2, 0) is 0 Å². The second-order valence-electron chi connectivity index (χ2n) is 4.31. The predicted molar refractivity (Wildman–Crippen MR) is 73.5 cm³/mol. The van der Waals surface area contributed by atoms with Crippen LogP contribution in [0.15, 0.2) is 48.5 Å². The van der Waals surface area contributed by atoms with Gasteiger partial charge in [-0.05, 0) is 11.1 Å². The molecule has 0 fully saturated rings. The Morgan fingerprint density at radius 2 is 1.11 bits per heavy atom. The fraction of sp³-hybridized carbons (Fsp3) is 0.133. The van der Waals surface area contributed by atoms with Crippen molar-refractivity contribution in [1.82, 2.24) is 0 Å². The summed E-state index contributed by atoms with van der Waals surface area (Å²) in [6.07, 6.45) is 0. The van der Waals surface area contributed by atoms with E-state index in [4.69, 9.17) is 23.2 Å². The van der Waals surface area contributed by atoms with Gasteiger partial charge in [0.25, 0.3) is 0 Å². The molecule has 0 radical (unpaired) electrons. The first kappa shape index (κ1) is 11.8. The van der Waals surface area contributed by atoms with E-state index in [1.54, 1.807) is 12.1 Å². The van der Waals surface area contributed by atoms with Gasteiger partial charge in [-0.2, -0.15) is 0 Å². The lowest BCUT2D eigenvalue weighted by atomic mass is 9.99. The van der Waals surface area contributed by atoms with Crippen LogP contribution in [-0.4, -0.2) is 5.78 Å². The lowest BCUT2D eigenvalue weighted by Gasteiger charge is -2.15. The maximum Gasteiger partial charge on any atom is 0.193 e. The van der Waals surface area contributed by atoms with Gasteiger partial charge < -0.3 is 0 Å². The molecule has 0 aliphatic heterocycles. The average molecular weight is 277 g/mol. The molecule has 18 heavy (non-hydrogen) atoms. The van der Waals surface area contributed by atoms with E-state index in [2.05, 4.69) is 0 Å². The third kappa shape index (κ3) is 1.66. The number of carbonyl (C=O) groups is 1. The molecular formula is C15H10Cl2O. The SMILES string of the molecule is O=C1c2ccccc2C(Cl)[C@H](Cl)c2ccccc21. The second-order valence-corrected chi connectivity index (χ2v) is 5.25. The number of rotatable bonds is 0. The predicted octanol–water partition coefficient (Wildman–Crippen LogP) is 4.49. The van der Waals surface area contributed by atoms with Gasteiger partial charge in [-0.3, -0.25) is 4.79 Å². The van der Waals surface area contributed by atoms with E-state index in [9.17, 15) is 4.79 Å². The Hall–Kier alpha value is -1.31. The van der Waals surface area contributed by atoms with Crippen LogP contribution in [0.3, 0.4) is 0 Å². The number of hydrogen-bond acceptors (Lipinski definition) is 1. The van der Waals surface area contributed by atoms with Gasteiger partial charge in [-0.25, -0.2) is 0 Å². The smallest absolute Gasteiger partial charge is 0.193 e. The van der Waals surface area contributed by atoms with Crippen LogP contribution < -0.4 is 0 Å². The normalized spacial score (nSPS) is 22.0. The summed E-state index contributed by atoms with van der Waals surface area (Å²) in [6.45, 7) is 0. The lowest BCUT2D eigenvalue weighted by molar-refractivity contribution is 0.103. The fourth-order valence-electron chi connectivity index (χ4n) is 2.35. The lowest BCUT2D eigenvalue weighted by Crippen LogP contribution is -2.03. The molecule has 0 spiro atoms. The molecule has 90 valence electrons. The molecule has 0 N–H and O–H groups in total. The minimum Gasteiger partial charge on any atom is -0.289 e. The van der Waals surface area contributed by atoms with Crippen molar-refractivity contribution in [3.05, 3.63) is 70.8 Å². The van der Waals surface area contributed by atoms with Crippen molar-refractivity contribution in [1.29, 1.82) is 0 Å². The molecule has 0 saturated carbocycles. The minimum atomic E-state index is -0.393.